The summed E-state index contributed by atoms with van der Waals surface area (Å²) >= 11 is 4.91. The fraction of sp³-hybridized carbons (Fsp3) is 0.353. The third-order valence-corrected chi connectivity index (χ3v) is 5.86. The van der Waals surface area contributed by atoms with Crippen LogP contribution in [0, 0.1) is 0 Å². The molecule has 1 atom stereocenters. The van der Waals surface area contributed by atoms with Gasteiger partial charge in [-0.15, -0.1) is 11.3 Å². The average Bonchev–Trinajstić information content (AvgIpc) is 3.23. The molecule has 1 saturated heterocycles. The highest BCUT2D eigenvalue weighted by molar-refractivity contribution is 9.11. The van der Waals surface area contributed by atoms with Gasteiger partial charge in [0.1, 0.15) is 13.2 Å². The van der Waals surface area contributed by atoms with E-state index in [1.807, 2.05) is 35.2 Å². The molecule has 0 N–H and O–H groups in total. The van der Waals surface area contributed by atoms with Crippen molar-refractivity contribution < 1.29 is 14.3 Å². The summed E-state index contributed by atoms with van der Waals surface area (Å²) in [4.78, 5) is 15.5. The molecule has 6 heteroatoms. The quantitative estimate of drug-likeness (QED) is 0.764. The van der Waals surface area contributed by atoms with E-state index in [2.05, 4.69) is 15.9 Å². The second-order valence-electron chi connectivity index (χ2n) is 5.66. The summed E-state index contributed by atoms with van der Waals surface area (Å²) < 4.78 is 12.2. The summed E-state index contributed by atoms with van der Waals surface area (Å²) in [5.74, 6) is 1.68. The topological polar surface area (TPSA) is 38.8 Å². The van der Waals surface area contributed by atoms with Crippen molar-refractivity contribution in [2.75, 3.05) is 19.8 Å². The van der Waals surface area contributed by atoms with Crippen LogP contribution in [0.15, 0.2) is 34.1 Å². The molecule has 4 nitrogen and oxygen atoms in total. The average molecular weight is 394 g/mol. The van der Waals surface area contributed by atoms with Gasteiger partial charge < -0.3 is 14.4 Å². The molecule has 1 aromatic heterocycles. The molecule has 23 heavy (non-hydrogen) atoms. The van der Waals surface area contributed by atoms with Crippen LogP contribution >= 0.6 is 27.3 Å². The van der Waals surface area contributed by atoms with E-state index in [1.165, 1.54) is 11.3 Å². The predicted molar refractivity (Wildman–Crippen MR) is 92.5 cm³/mol. The number of fused-ring (bicyclic) bond motifs is 1. The zero-order chi connectivity index (χ0) is 15.8. The summed E-state index contributed by atoms with van der Waals surface area (Å²) in [7, 11) is 0. The number of hydrogen-bond acceptors (Lipinski definition) is 4. The van der Waals surface area contributed by atoms with Gasteiger partial charge in [0.2, 0.25) is 0 Å². The van der Waals surface area contributed by atoms with Crippen molar-refractivity contribution in [2.45, 2.75) is 18.9 Å². The zero-order valence-electron chi connectivity index (χ0n) is 12.5. The number of carbonyl (C=O) groups excluding carboxylic acids is 1. The molecule has 2 aromatic rings. The second-order valence-corrected chi connectivity index (χ2v) is 8.13. The first-order chi connectivity index (χ1) is 11.2. The summed E-state index contributed by atoms with van der Waals surface area (Å²) in [6.45, 7) is 1.97. The van der Waals surface area contributed by atoms with Crippen LogP contribution in [0.5, 0.6) is 11.5 Å². The lowest BCUT2D eigenvalue weighted by molar-refractivity contribution is 0.0740. The molecular weight excluding hydrogens is 378 g/mol. The molecule has 4 rings (SSSR count). The van der Waals surface area contributed by atoms with E-state index in [4.69, 9.17) is 9.47 Å². The van der Waals surface area contributed by atoms with Crippen molar-refractivity contribution >= 4 is 33.2 Å². The van der Waals surface area contributed by atoms with Crippen molar-refractivity contribution in [3.63, 3.8) is 0 Å². The molecular formula is C17H16BrNO3S. The maximum atomic E-state index is 12.8. The first kappa shape index (κ1) is 15.0. The Morgan fingerprint density at radius 3 is 2.78 bits per heavy atom. The number of rotatable bonds is 2. The third-order valence-electron chi connectivity index (χ3n) is 4.25. The minimum absolute atomic E-state index is 0.109. The van der Waals surface area contributed by atoms with E-state index in [0.717, 1.165) is 45.1 Å². The van der Waals surface area contributed by atoms with Crippen LogP contribution in [-0.4, -0.2) is 30.6 Å². The van der Waals surface area contributed by atoms with Gasteiger partial charge >= 0.3 is 0 Å². The summed E-state index contributed by atoms with van der Waals surface area (Å²) in [5, 5.41) is 0. The Hall–Kier alpha value is -1.53. The van der Waals surface area contributed by atoms with Crippen LogP contribution in [0.4, 0.5) is 0 Å². The normalized spacial score (nSPS) is 19.9. The van der Waals surface area contributed by atoms with E-state index >= 15 is 0 Å². The molecule has 0 saturated carbocycles. The molecule has 0 unspecified atom stereocenters. The Morgan fingerprint density at radius 2 is 2.00 bits per heavy atom. The molecule has 0 spiro atoms. The Bertz CT molecular complexity index is 745. The van der Waals surface area contributed by atoms with Gasteiger partial charge in [0.05, 0.1) is 14.7 Å². The first-order valence-corrected chi connectivity index (χ1v) is 9.29. The highest BCUT2D eigenvalue weighted by atomic mass is 79.9. The molecule has 0 aliphatic carbocycles. The lowest BCUT2D eigenvalue weighted by Crippen LogP contribution is -2.30. The third kappa shape index (κ3) is 2.85. The highest BCUT2D eigenvalue weighted by Crippen LogP contribution is 2.39. The van der Waals surface area contributed by atoms with Crippen molar-refractivity contribution in [1.82, 2.24) is 4.90 Å². The van der Waals surface area contributed by atoms with Crippen molar-refractivity contribution in [2.24, 2.45) is 0 Å². The first-order valence-electron chi connectivity index (χ1n) is 7.68. The molecule has 0 radical (unpaired) electrons. The standard InChI is InChI=1S/C17H16BrNO3S/c18-16-6-5-15(23-16)17(20)19-7-1-2-12(19)11-3-4-13-14(10-11)22-9-8-21-13/h3-6,10,12H,1-2,7-9H2/t12-/m1/s1. The molecule has 120 valence electrons. The molecule has 2 aliphatic rings. The van der Waals surface area contributed by atoms with E-state index < -0.39 is 0 Å². The molecule has 1 fully saturated rings. The number of carbonyl (C=O) groups is 1. The fourth-order valence-electron chi connectivity index (χ4n) is 3.19. The van der Waals surface area contributed by atoms with Crippen LogP contribution in [0.25, 0.3) is 0 Å². The molecule has 3 heterocycles. The fourth-order valence-corrected chi connectivity index (χ4v) is 4.54. The number of benzene rings is 1. The van der Waals surface area contributed by atoms with Crippen LogP contribution in [0.1, 0.15) is 34.1 Å². The Balaban J connectivity index is 1.61. The van der Waals surface area contributed by atoms with Gasteiger partial charge in [0.25, 0.3) is 5.91 Å². The van der Waals surface area contributed by atoms with Crippen molar-refractivity contribution in [1.29, 1.82) is 0 Å². The summed E-state index contributed by atoms with van der Waals surface area (Å²) in [6, 6.07) is 9.94. The van der Waals surface area contributed by atoms with Gasteiger partial charge in [-0.3, -0.25) is 4.79 Å². The number of thiophene rings is 1. The number of halogens is 1. The van der Waals surface area contributed by atoms with Crippen LogP contribution in [0.3, 0.4) is 0 Å². The van der Waals surface area contributed by atoms with Gasteiger partial charge in [-0.25, -0.2) is 0 Å². The molecule has 1 amide bonds. The summed E-state index contributed by atoms with van der Waals surface area (Å²) in [6.07, 6.45) is 2.01. The highest BCUT2D eigenvalue weighted by Gasteiger charge is 2.32. The van der Waals surface area contributed by atoms with Crippen molar-refractivity contribution in [3.05, 3.63) is 44.6 Å². The van der Waals surface area contributed by atoms with Gasteiger partial charge in [-0.2, -0.15) is 0 Å². The minimum atomic E-state index is 0.109. The summed E-state index contributed by atoms with van der Waals surface area (Å²) in [5.41, 5.74) is 1.12. The van der Waals surface area contributed by atoms with Crippen molar-refractivity contribution in [3.8, 4) is 11.5 Å². The SMILES string of the molecule is O=C(c1ccc(Br)s1)N1CCC[C@@H]1c1ccc2c(c1)OCCO2. The monoisotopic (exact) mass is 393 g/mol. The number of hydrogen-bond donors (Lipinski definition) is 0. The van der Waals surface area contributed by atoms with E-state index in [9.17, 15) is 4.79 Å². The molecule has 2 aliphatic heterocycles. The van der Waals surface area contributed by atoms with Gasteiger partial charge in [-0.05, 0) is 58.6 Å². The molecule has 0 bridgehead atoms. The maximum absolute atomic E-state index is 12.8. The number of nitrogens with zero attached hydrogens (tertiary/aromatic N) is 1. The predicted octanol–water partition coefficient (Wildman–Crippen LogP) is 4.26. The van der Waals surface area contributed by atoms with Crippen LogP contribution in [-0.2, 0) is 0 Å². The largest absolute Gasteiger partial charge is 0.486 e. The Kier molecular flexibility index (Phi) is 4.03. The maximum Gasteiger partial charge on any atom is 0.264 e. The van der Waals surface area contributed by atoms with Gasteiger partial charge in [0, 0.05) is 6.54 Å². The smallest absolute Gasteiger partial charge is 0.264 e. The molecule has 1 aromatic carbocycles. The van der Waals surface area contributed by atoms with Gasteiger partial charge in [-0.1, -0.05) is 6.07 Å². The van der Waals surface area contributed by atoms with E-state index in [0.29, 0.717) is 13.2 Å². The lowest BCUT2D eigenvalue weighted by Gasteiger charge is -2.26. The van der Waals surface area contributed by atoms with E-state index in [-0.39, 0.29) is 11.9 Å². The van der Waals surface area contributed by atoms with Crippen LogP contribution < -0.4 is 9.47 Å². The lowest BCUT2D eigenvalue weighted by atomic mass is 10.0. The Morgan fingerprint density at radius 1 is 1.17 bits per heavy atom. The zero-order valence-corrected chi connectivity index (χ0v) is 14.9. The minimum Gasteiger partial charge on any atom is -0.486 e. The number of ether oxygens (including phenoxy) is 2. The Labute approximate surface area is 147 Å². The van der Waals surface area contributed by atoms with E-state index in [1.54, 1.807) is 0 Å². The van der Waals surface area contributed by atoms with Gasteiger partial charge in [0.15, 0.2) is 11.5 Å². The van der Waals surface area contributed by atoms with Crippen LogP contribution in [0.2, 0.25) is 0 Å². The number of likely N-dealkylation sites (tertiary alicyclic amines) is 1. The number of amides is 1. The second kappa shape index (κ2) is 6.17.